The van der Waals surface area contributed by atoms with Gasteiger partial charge in [0.1, 0.15) is 6.54 Å². The van der Waals surface area contributed by atoms with E-state index in [1.807, 2.05) is 38.1 Å². The van der Waals surface area contributed by atoms with Crippen LogP contribution in [0.1, 0.15) is 25.5 Å². The van der Waals surface area contributed by atoms with E-state index in [9.17, 15) is 9.59 Å². The van der Waals surface area contributed by atoms with Crippen LogP contribution in [0.2, 0.25) is 0 Å². The van der Waals surface area contributed by atoms with Gasteiger partial charge in [-0.05, 0) is 12.0 Å². The quantitative estimate of drug-likeness (QED) is 0.788. The molecule has 0 atom stereocenters. The SMILES string of the molecule is COC(=O)Cn1c(=O)nc(C(C)C)c2ccccc21. The summed E-state index contributed by atoms with van der Waals surface area (Å²) in [4.78, 5) is 27.5. The zero-order chi connectivity index (χ0) is 14.0. The van der Waals surface area contributed by atoms with Gasteiger partial charge in [0.15, 0.2) is 0 Å². The fourth-order valence-electron chi connectivity index (χ4n) is 2.04. The molecule has 1 heterocycles. The van der Waals surface area contributed by atoms with Gasteiger partial charge in [-0.1, -0.05) is 32.0 Å². The number of para-hydroxylation sites is 1. The molecule has 19 heavy (non-hydrogen) atoms. The van der Waals surface area contributed by atoms with Crippen LogP contribution in [0.25, 0.3) is 10.9 Å². The van der Waals surface area contributed by atoms with Gasteiger partial charge in [-0.25, -0.2) is 4.79 Å². The molecular formula is C14H16N2O3. The van der Waals surface area contributed by atoms with E-state index in [1.165, 1.54) is 11.7 Å². The first kappa shape index (κ1) is 13.3. The molecule has 0 aliphatic heterocycles. The van der Waals surface area contributed by atoms with Crippen LogP contribution in [0.5, 0.6) is 0 Å². The number of methoxy groups -OCH3 is 1. The number of benzene rings is 1. The molecule has 1 aromatic carbocycles. The lowest BCUT2D eigenvalue weighted by molar-refractivity contribution is -0.141. The number of hydrogen-bond donors (Lipinski definition) is 0. The lowest BCUT2D eigenvalue weighted by Crippen LogP contribution is -2.28. The van der Waals surface area contributed by atoms with Gasteiger partial charge in [0.25, 0.3) is 0 Å². The highest BCUT2D eigenvalue weighted by Crippen LogP contribution is 2.21. The van der Waals surface area contributed by atoms with Crippen molar-refractivity contribution in [3.8, 4) is 0 Å². The van der Waals surface area contributed by atoms with Crippen molar-refractivity contribution in [2.45, 2.75) is 26.3 Å². The number of fused-ring (bicyclic) bond motifs is 1. The highest BCUT2D eigenvalue weighted by Gasteiger charge is 2.14. The Morgan fingerprint density at radius 2 is 2.05 bits per heavy atom. The summed E-state index contributed by atoms with van der Waals surface area (Å²) >= 11 is 0. The summed E-state index contributed by atoms with van der Waals surface area (Å²) in [7, 11) is 1.30. The number of nitrogens with zero attached hydrogens (tertiary/aromatic N) is 2. The summed E-state index contributed by atoms with van der Waals surface area (Å²) in [5.74, 6) is -0.322. The van der Waals surface area contributed by atoms with Crippen molar-refractivity contribution in [2.24, 2.45) is 0 Å². The molecule has 0 saturated heterocycles. The minimum atomic E-state index is -0.466. The standard InChI is InChI=1S/C14H16N2O3/c1-9(2)13-10-6-4-5-7-11(10)16(14(18)15-13)8-12(17)19-3/h4-7,9H,8H2,1-3H3. The minimum Gasteiger partial charge on any atom is -0.468 e. The molecule has 0 amide bonds. The second-order valence-electron chi connectivity index (χ2n) is 4.61. The minimum absolute atomic E-state index is 0.124. The van der Waals surface area contributed by atoms with Crippen LogP contribution < -0.4 is 5.69 Å². The molecule has 0 spiro atoms. The third kappa shape index (κ3) is 2.50. The van der Waals surface area contributed by atoms with Gasteiger partial charge in [0.2, 0.25) is 0 Å². The van der Waals surface area contributed by atoms with Crippen molar-refractivity contribution in [1.29, 1.82) is 0 Å². The monoisotopic (exact) mass is 260 g/mol. The Balaban J connectivity index is 2.72. The van der Waals surface area contributed by atoms with E-state index in [-0.39, 0.29) is 12.5 Å². The van der Waals surface area contributed by atoms with Crippen molar-refractivity contribution < 1.29 is 9.53 Å². The topological polar surface area (TPSA) is 61.2 Å². The van der Waals surface area contributed by atoms with Crippen molar-refractivity contribution in [3.63, 3.8) is 0 Å². The molecule has 2 aromatic rings. The summed E-state index contributed by atoms with van der Waals surface area (Å²) in [5, 5.41) is 0.890. The van der Waals surface area contributed by atoms with Crippen LogP contribution >= 0.6 is 0 Å². The van der Waals surface area contributed by atoms with Gasteiger partial charge in [-0.15, -0.1) is 0 Å². The highest BCUT2D eigenvalue weighted by atomic mass is 16.5. The van der Waals surface area contributed by atoms with Crippen LogP contribution in [0.3, 0.4) is 0 Å². The zero-order valence-electron chi connectivity index (χ0n) is 11.2. The molecule has 5 nitrogen and oxygen atoms in total. The first-order chi connectivity index (χ1) is 9.04. The number of esters is 1. The molecule has 0 aliphatic rings. The smallest absolute Gasteiger partial charge is 0.348 e. The molecule has 0 radical (unpaired) electrons. The first-order valence-electron chi connectivity index (χ1n) is 6.11. The van der Waals surface area contributed by atoms with E-state index < -0.39 is 11.7 Å². The number of hydrogen-bond acceptors (Lipinski definition) is 4. The van der Waals surface area contributed by atoms with Crippen molar-refractivity contribution in [3.05, 3.63) is 40.4 Å². The number of ether oxygens (including phenoxy) is 1. The maximum absolute atomic E-state index is 12.1. The van der Waals surface area contributed by atoms with Crippen LogP contribution in [0.15, 0.2) is 29.1 Å². The number of aromatic nitrogens is 2. The predicted octanol–water partition coefficient (Wildman–Crippen LogP) is 1.69. The van der Waals surface area contributed by atoms with E-state index in [2.05, 4.69) is 9.72 Å². The Hall–Kier alpha value is -2.17. The van der Waals surface area contributed by atoms with E-state index >= 15 is 0 Å². The van der Waals surface area contributed by atoms with Crippen LogP contribution in [-0.4, -0.2) is 22.6 Å². The zero-order valence-corrected chi connectivity index (χ0v) is 11.2. The van der Waals surface area contributed by atoms with Gasteiger partial charge < -0.3 is 4.74 Å². The van der Waals surface area contributed by atoms with Gasteiger partial charge in [-0.2, -0.15) is 4.98 Å². The lowest BCUT2D eigenvalue weighted by Gasteiger charge is -2.13. The predicted molar refractivity (Wildman–Crippen MR) is 72.1 cm³/mol. The van der Waals surface area contributed by atoms with Crippen molar-refractivity contribution in [1.82, 2.24) is 9.55 Å². The van der Waals surface area contributed by atoms with Gasteiger partial charge in [0.05, 0.1) is 18.3 Å². The molecule has 0 aliphatic carbocycles. The largest absolute Gasteiger partial charge is 0.468 e. The molecule has 0 fully saturated rings. The van der Waals surface area contributed by atoms with Gasteiger partial charge >= 0.3 is 11.7 Å². The summed E-state index contributed by atoms with van der Waals surface area (Å²) in [6.07, 6.45) is 0. The maximum Gasteiger partial charge on any atom is 0.348 e. The second kappa shape index (κ2) is 5.22. The Bertz CT molecular complexity index is 674. The van der Waals surface area contributed by atoms with Crippen LogP contribution in [-0.2, 0) is 16.1 Å². The van der Waals surface area contributed by atoms with E-state index in [1.54, 1.807) is 0 Å². The summed E-state index contributed by atoms with van der Waals surface area (Å²) < 4.78 is 5.95. The summed E-state index contributed by atoms with van der Waals surface area (Å²) in [6.45, 7) is 3.85. The van der Waals surface area contributed by atoms with Crippen molar-refractivity contribution in [2.75, 3.05) is 7.11 Å². The third-order valence-electron chi connectivity index (χ3n) is 2.98. The van der Waals surface area contributed by atoms with Crippen LogP contribution in [0, 0.1) is 0 Å². The normalized spacial score (nSPS) is 10.9. The average Bonchev–Trinajstić information content (AvgIpc) is 2.41. The first-order valence-corrected chi connectivity index (χ1v) is 6.11. The summed E-state index contributed by atoms with van der Waals surface area (Å²) in [6, 6.07) is 7.45. The van der Waals surface area contributed by atoms with E-state index in [4.69, 9.17) is 0 Å². The number of carbonyl (C=O) groups excluding carboxylic acids is 1. The van der Waals surface area contributed by atoms with E-state index in [0.29, 0.717) is 5.52 Å². The lowest BCUT2D eigenvalue weighted by atomic mass is 10.0. The van der Waals surface area contributed by atoms with Gasteiger partial charge in [-0.3, -0.25) is 9.36 Å². The van der Waals surface area contributed by atoms with Gasteiger partial charge in [0, 0.05) is 5.39 Å². The number of carbonyl (C=O) groups is 1. The molecule has 0 bridgehead atoms. The molecule has 0 N–H and O–H groups in total. The fourth-order valence-corrected chi connectivity index (χ4v) is 2.04. The Morgan fingerprint density at radius 3 is 2.68 bits per heavy atom. The number of rotatable bonds is 3. The van der Waals surface area contributed by atoms with E-state index in [0.717, 1.165) is 11.1 Å². The Morgan fingerprint density at radius 1 is 1.37 bits per heavy atom. The molecule has 1 aromatic heterocycles. The molecule has 5 heteroatoms. The fraction of sp³-hybridized carbons (Fsp3) is 0.357. The highest BCUT2D eigenvalue weighted by molar-refractivity contribution is 5.83. The Labute approximate surface area is 110 Å². The maximum atomic E-state index is 12.1. The molecule has 0 unspecified atom stereocenters. The second-order valence-corrected chi connectivity index (χ2v) is 4.61. The van der Waals surface area contributed by atoms with Crippen LogP contribution in [0.4, 0.5) is 0 Å². The summed E-state index contributed by atoms with van der Waals surface area (Å²) in [5.41, 5.74) is 1.03. The molecule has 100 valence electrons. The van der Waals surface area contributed by atoms with Crippen molar-refractivity contribution >= 4 is 16.9 Å². The third-order valence-corrected chi connectivity index (χ3v) is 2.98. The Kier molecular flexibility index (Phi) is 3.64. The molecule has 2 rings (SSSR count). The molecule has 0 saturated carbocycles. The average molecular weight is 260 g/mol. The molecular weight excluding hydrogens is 244 g/mol.